The molecule has 1 aliphatic heterocycles. The summed E-state index contributed by atoms with van der Waals surface area (Å²) in [6.07, 6.45) is -5.38. The maximum atomic E-state index is 14.2. The van der Waals surface area contributed by atoms with E-state index in [0.717, 1.165) is 11.8 Å². The Labute approximate surface area is 161 Å². The number of alkyl halides is 3. The van der Waals surface area contributed by atoms with E-state index < -0.39 is 34.9 Å². The first-order valence-electron chi connectivity index (χ1n) is 8.87. The number of benzene rings is 1. The van der Waals surface area contributed by atoms with Crippen LogP contribution in [0.1, 0.15) is 39.7 Å². The monoisotopic (exact) mass is 396 g/mol. The topological polar surface area (TPSA) is 66.5 Å². The number of Topliss-reactive ketones (excluding diaryl/α,β-unsaturated/α-hetero) is 1. The van der Waals surface area contributed by atoms with Gasteiger partial charge in [-0.1, -0.05) is 44.2 Å². The minimum atomic E-state index is -5.18. The molecule has 0 fully saturated rings. The van der Waals surface area contributed by atoms with Gasteiger partial charge in [-0.15, -0.1) is 0 Å². The lowest BCUT2D eigenvalue weighted by molar-refractivity contribution is -0.194. The second-order valence-electron chi connectivity index (χ2n) is 7.29. The Balaban J connectivity index is 2.58. The zero-order valence-corrected chi connectivity index (χ0v) is 16.2. The molecule has 0 unspecified atom stereocenters. The van der Waals surface area contributed by atoms with Gasteiger partial charge in [0.05, 0.1) is 12.1 Å². The summed E-state index contributed by atoms with van der Waals surface area (Å²) in [6.45, 7) is 5.46. The predicted octanol–water partition coefficient (Wildman–Crippen LogP) is 3.36. The van der Waals surface area contributed by atoms with E-state index >= 15 is 0 Å². The molecule has 0 aromatic heterocycles. The molecule has 1 heterocycles. The van der Waals surface area contributed by atoms with E-state index in [-0.39, 0.29) is 24.6 Å². The van der Waals surface area contributed by atoms with Crippen LogP contribution in [0.3, 0.4) is 0 Å². The molecule has 1 atom stereocenters. The van der Waals surface area contributed by atoms with Crippen molar-refractivity contribution in [2.45, 2.75) is 52.4 Å². The average molecular weight is 396 g/mol. The normalized spacial score (nSPS) is 20.1. The van der Waals surface area contributed by atoms with Crippen LogP contribution in [0.5, 0.6) is 0 Å². The lowest BCUT2D eigenvalue weighted by atomic mass is 9.86. The van der Waals surface area contributed by atoms with Crippen molar-refractivity contribution in [2.24, 2.45) is 5.92 Å². The van der Waals surface area contributed by atoms with Gasteiger partial charge < -0.3 is 10.2 Å². The van der Waals surface area contributed by atoms with Crippen LogP contribution in [0.25, 0.3) is 0 Å². The van der Waals surface area contributed by atoms with Crippen LogP contribution in [0, 0.1) is 5.92 Å². The summed E-state index contributed by atoms with van der Waals surface area (Å²) in [7, 11) is 0. The first kappa shape index (κ1) is 21.7. The highest BCUT2D eigenvalue weighted by atomic mass is 19.4. The fourth-order valence-corrected chi connectivity index (χ4v) is 3.42. The molecule has 1 N–H and O–H groups in total. The molecule has 0 aliphatic carbocycles. The number of nitrogens with zero attached hydrogens (tertiary/aromatic N) is 1. The third kappa shape index (κ3) is 3.81. The van der Waals surface area contributed by atoms with Crippen molar-refractivity contribution >= 4 is 17.6 Å². The van der Waals surface area contributed by atoms with E-state index in [1.165, 1.54) is 6.92 Å². The van der Waals surface area contributed by atoms with Gasteiger partial charge in [-0.3, -0.25) is 14.4 Å². The van der Waals surface area contributed by atoms with E-state index in [0.29, 0.717) is 5.56 Å². The van der Waals surface area contributed by atoms with Crippen LogP contribution >= 0.6 is 0 Å². The van der Waals surface area contributed by atoms with Gasteiger partial charge in [0.25, 0.3) is 5.91 Å². The molecule has 1 aromatic carbocycles. The molecule has 0 saturated heterocycles. The number of rotatable bonds is 6. The highest BCUT2D eigenvalue weighted by molar-refractivity contribution is 6.11. The van der Waals surface area contributed by atoms with Gasteiger partial charge in [-0.2, -0.15) is 13.2 Å². The summed E-state index contributed by atoms with van der Waals surface area (Å²) in [5, 5.41) is 1.86. The number of allylic oxidation sites excluding steroid dienone is 1. The lowest BCUT2D eigenvalue weighted by Gasteiger charge is -2.33. The van der Waals surface area contributed by atoms with Crippen LogP contribution in [0.4, 0.5) is 13.2 Å². The molecule has 8 heteroatoms. The molecule has 0 spiro atoms. The maximum Gasteiger partial charge on any atom is 0.425 e. The minimum absolute atomic E-state index is 0.108. The molecule has 2 rings (SSSR count). The summed E-state index contributed by atoms with van der Waals surface area (Å²) in [6, 6.07) is 8.47. The van der Waals surface area contributed by atoms with Crippen molar-refractivity contribution < 1.29 is 27.6 Å². The minimum Gasteiger partial charge on any atom is -0.330 e. The number of amides is 2. The van der Waals surface area contributed by atoms with Crippen LogP contribution in [-0.4, -0.2) is 34.2 Å². The van der Waals surface area contributed by atoms with Crippen molar-refractivity contribution in [3.05, 3.63) is 47.2 Å². The van der Waals surface area contributed by atoms with Crippen molar-refractivity contribution in [1.82, 2.24) is 10.2 Å². The van der Waals surface area contributed by atoms with Gasteiger partial charge in [0.15, 0.2) is 5.78 Å². The zero-order chi connectivity index (χ0) is 21.3. The summed E-state index contributed by atoms with van der Waals surface area (Å²) >= 11 is 0. The van der Waals surface area contributed by atoms with E-state index in [9.17, 15) is 27.6 Å². The molecule has 0 saturated carbocycles. The standard InChI is InChI=1S/C20H23F3N2O3/c1-12(2)10-16(27)24-19(20(21,22)23)17(14(4)26)13(3)25(18(19)28)11-15-8-6-5-7-9-15/h5-9,12H,10-11H2,1-4H3,(H,24,27)/t19-/m1/s1. The molecule has 0 bridgehead atoms. The van der Waals surface area contributed by atoms with Crippen LogP contribution in [0.15, 0.2) is 41.6 Å². The van der Waals surface area contributed by atoms with Crippen LogP contribution in [0.2, 0.25) is 0 Å². The summed E-state index contributed by atoms with van der Waals surface area (Å²) in [4.78, 5) is 38.3. The highest BCUT2D eigenvalue weighted by Crippen LogP contribution is 2.45. The zero-order valence-electron chi connectivity index (χ0n) is 16.2. The van der Waals surface area contributed by atoms with E-state index in [1.54, 1.807) is 44.2 Å². The molecule has 152 valence electrons. The third-order valence-electron chi connectivity index (χ3n) is 4.59. The second kappa shape index (κ2) is 7.77. The van der Waals surface area contributed by atoms with Crippen molar-refractivity contribution in [1.29, 1.82) is 0 Å². The number of carbonyl (C=O) groups excluding carboxylic acids is 3. The molecule has 28 heavy (non-hydrogen) atoms. The van der Waals surface area contributed by atoms with Gasteiger partial charge in [-0.05, 0) is 25.3 Å². The molecule has 1 aliphatic rings. The fourth-order valence-electron chi connectivity index (χ4n) is 3.42. The van der Waals surface area contributed by atoms with Crippen molar-refractivity contribution in [3.8, 4) is 0 Å². The molecule has 5 nitrogen and oxygen atoms in total. The van der Waals surface area contributed by atoms with Gasteiger partial charge >= 0.3 is 6.18 Å². The average Bonchev–Trinajstić information content (AvgIpc) is 2.77. The third-order valence-corrected chi connectivity index (χ3v) is 4.59. The summed E-state index contributed by atoms with van der Waals surface area (Å²) in [5.74, 6) is -3.44. The first-order valence-corrected chi connectivity index (χ1v) is 8.87. The molecule has 0 radical (unpaired) electrons. The van der Waals surface area contributed by atoms with E-state index in [2.05, 4.69) is 0 Å². The first-order chi connectivity index (χ1) is 12.9. The summed E-state index contributed by atoms with van der Waals surface area (Å²) < 4.78 is 42.6. The number of ketones is 1. The maximum absolute atomic E-state index is 14.2. The van der Waals surface area contributed by atoms with Crippen molar-refractivity contribution in [3.63, 3.8) is 0 Å². The molecular formula is C20H23F3N2O3. The summed E-state index contributed by atoms with van der Waals surface area (Å²) in [5.41, 5.74) is -3.62. The van der Waals surface area contributed by atoms with Gasteiger partial charge in [-0.25, -0.2) is 0 Å². The molecular weight excluding hydrogens is 373 g/mol. The highest BCUT2D eigenvalue weighted by Gasteiger charge is 2.69. The van der Waals surface area contributed by atoms with Gasteiger partial charge in [0.1, 0.15) is 0 Å². The number of hydrogen-bond acceptors (Lipinski definition) is 3. The number of halogens is 3. The number of carbonyl (C=O) groups is 3. The smallest absolute Gasteiger partial charge is 0.330 e. The van der Waals surface area contributed by atoms with Crippen LogP contribution in [-0.2, 0) is 20.9 Å². The number of nitrogens with one attached hydrogen (secondary N) is 1. The Bertz CT molecular complexity index is 816. The van der Waals surface area contributed by atoms with Gasteiger partial charge in [0, 0.05) is 12.1 Å². The van der Waals surface area contributed by atoms with E-state index in [1.807, 2.05) is 5.32 Å². The fraction of sp³-hybridized carbons (Fsp3) is 0.450. The Morgan fingerprint density at radius 3 is 2.21 bits per heavy atom. The predicted molar refractivity (Wildman–Crippen MR) is 96.8 cm³/mol. The Hall–Kier alpha value is -2.64. The molecule has 1 aromatic rings. The number of hydrogen-bond donors (Lipinski definition) is 1. The Morgan fingerprint density at radius 1 is 1.18 bits per heavy atom. The van der Waals surface area contributed by atoms with E-state index in [4.69, 9.17) is 0 Å². The Morgan fingerprint density at radius 2 is 1.75 bits per heavy atom. The lowest BCUT2D eigenvalue weighted by Crippen LogP contribution is -2.66. The largest absolute Gasteiger partial charge is 0.425 e. The van der Waals surface area contributed by atoms with Crippen LogP contribution < -0.4 is 5.32 Å². The van der Waals surface area contributed by atoms with Crippen molar-refractivity contribution in [2.75, 3.05) is 0 Å². The molecule has 2 amide bonds. The second-order valence-corrected chi connectivity index (χ2v) is 7.29. The Kier molecular flexibility index (Phi) is 6.01. The quantitative estimate of drug-likeness (QED) is 0.802. The van der Waals surface area contributed by atoms with Gasteiger partial charge in [0.2, 0.25) is 11.4 Å². The SMILES string of the molecule is CC(=O)C1=C(C)N(Cc2ccccc2)C(=O)[C@@]1(NC(=O)CC(C)C)C(F)(F)F.